The van der Waals surface area contributed by atoms with Gasteiger partial charge in [0.2, 0.25) is 0 Å². The second kappa shape index (κ2) is 12.7. The van der Waals surface area contributed by atoms with Crippen LogP contribution in [0.25, 0.3) is 75.1 Å². The Morgan fingerprint density at radius 1 is 0.308 bits per heavy atom. The Hall–Kier alpha value is -6.48. The predicted octanol–water partition coefficient (Wildman–Crippen LogP) is 14.8. The minimum absolute atomic E-state index is 1.12. The van der Waals surface area contributed by atoms with Gasteiger partial charge in [0.05, 0.1) is 5.69 Å². The average molecular weight is 680 g/mol. The highest BCUT2D eigenvalue weighted by Gasteiger charge is 2.19. The van der Waals surface area contributed by atoms with Gasteiger partial charge in [0, 0.05) is 31.5 Å². The van der Waals surface area contributed by atoms with Crippen molar-refractivity contribution in [2.24, 2.45) is 0 Å². The number of thiophene rings is 1. The van der Waals surface area contributed by atoms with E-state index in [4.69, 9.17) is 0 Å². The number of hydrogen-bond acceptors (Lipinski definition) is 2. The van der Waals surface area contributed by atoms with E-state index in [0.29, 0.717) is 0 Å². The van der Waals surface area contributed by atoms with Gasteiger partial charge in [-0.2, -0.15) is 0 Å². The van der Waals surface area contributed by atoms with Crippen LogP contribution in [-0.4, -0.2) is 0 Å². The van der Waals surface area contributed by atoms with Crippen molar-refractivity contribution in [2.75, 3.05) is 4.90 Å². The Labute approximate surface area is 307 Å². The van der Waals surface area contributed by atoms with E-state index in [1.54, 1.807) is 0 Å². The molecular formula is C50H33NS. The van der Waals surface area contributed by atoms with E-state index < -0.39 is 0 Å². The van der Waals surface area contributed by atoms with Crippen LogP contribution < -0.4 is 4.90 Å². The number of nitrogens with zero attached hydrogens (tertiary/aromatic N) is 1. The summed E-state index contributed by atoms with van der Waals surface area (Å²) in [6, 6.07) is 73.0. The molecule has 52 heavy (non-hydrogen) atoms. The van der Waals surface area contributed by atoms with Crippen molar-refractivity contribution < 1.29 is 0 Å². The highest BCUT2D eigenvalue weighted by atomic mass is 32.1. The summed E-state index contributed by atoms with van der Waals surface area (Å²) in [5, 5.41) is 7.56. The first kappa shape index (κ1) is 30.4. The third-order valence-electron chi connectivity index (χ3n) is 10.2. The van der Waals surface area contributed by atoms with Crippen LogP contribution in [0.2, 0.25) is 0 Å². The summed E-state index contributed by atoms with van der Waals surface area (Å²) in [4.78, 5) is 2.43. The van der Waals surface area contributed by atoms with Gasteiger partial charge in [0.1, 0.15) is 0 Å². The molecule has 0 saturated heterocycles. The van der Waals surface area contributed by atoms with Crippen LogP contribution in [-0.2, 0) is 0 Å². The van der Waals surface area contributed by atoms with E-state index in [0.717, 1.165) is 11.4 Å². The summed E-state index contributed by atoms with van der Waals surface area (Å²) in [5.41, 5.74) is 10.7. The molecule has 0 amide bonds. The Morgan fingerprint density at radius 3 is 1.63 bits per heavy atom. The van der Waals surface area contributed by atoms with Gasteiger partial charge in [-0.25, -0.2) is 0 Å². The Morgan fingerprint density at radius 2 is 0.846 bits per heavy atom. The van der Waals surface area contributed by atoms with E-state index in [9.17, 15) is 0 Å². The van der Waals surface area contributed by atoms with Gasteiger partial charge in [0.15, 0.2) is 0 Å². The quantitative estimate of drug-likeness (QED) is 0.169. The van der Waals surface area contributed by atoms with Gasteiger partial charge in [-0.1, -0.05) is 140 Å². The van der Waals surface area contributed by atoms with Gasteiger partial charge in [-0.3, -0.25) is 0 Å². The third-order valence-corrected chi connectivity index (χ3v) is 11.4. The van der Waals surface area contributed by atoms with Gasteiger partial charge >= 0.3 is 0 Å². The van der Waals surface area contributed by atoms with Crippen LogP contribution in [0.1, 0.15) is 0 Å². The van der Waals surface area contributed by atoms with E-state index >= 15 is 0 Å². The molecule has 0 radical (unpaired) electrons. The molecule has 2 heteroatoms. The molecule has 0 aliphatic rings. The minimum atomic E-state index is 1.12. The minimum Gasteiger partial charge on any atom is -0.310 e. The Kier molecular flexibility index (Phi) is 7.41. The number of rotatable bonds is 6. The lowest BCUT2D eigenvalue weighted by atomic mass is 9.97. The second-order valence-electron chi connectivity index (χ2n) is 13.4. The molecule has 0 N–H and O–H groups in total. The lowest BCUT2D eigenvalue weighted by Gasteiger charge is -2.27. The zero-order chi connectivity index (χ0) is 34.4. The molecule has 0 saturated carbocycles. The number of anilines is 3. The van der Waals surface area contributed by atoms with Crippen LogP contribution in [0.5, 0.6) is 0 Å². The summed E-state index contributed by atoms with van der Waals surface area (Å²) >= 11 is 1.86. The standard InChI is InChI=1S/C50H33NS/c1-2-10-34(11-3-1)40-23-21-37-22-24-41(32-43(37)31-40)36-26-28-44(29-27-36)51(47-17-9-19-49-50(47)46-16-6-7-18-48(46)52-49)45-15-8-14-39(33-45)42-25-20-35-12-4-5-13-38(35)30-42/h1-33H. The number of hydrogen-bond donors (Lipinski definition) is 0. The fourth-order valence-corrected chi connectivity index (χ4v) is 8.73. The van der Waals surface area contributed by atoms with E-state index in [2.05, 4.69) is 205 Å². The molecule has 1 nitrogen and oxygen atoms in total. The zero-order valence-corrected chi connectivity index (χ0v) is 29.2. The molecule has 0 atom stereocenters. The van der Waals surface area contributed by atoms with E-state index in [1.165, 1.54) is 80.8 Å². The summed E-state index contributed by atoms with van der Waals surface area (Å²) in [6.45, 7) is 0. The summed E-state index contributed by atoms with van der Waals surface area (Å²) in [6.07, 6.45) is 0. The molecule has 0 aliphatic heterocycles. The third kappa shape index (κ3) is 5.42. The average Bonchev–Trinajstić information content (AvgIpc) is 3.61. The number of benzene rings is 9. The maximum Gasteiger partial charge on any atom is 0.0554 e. The van der Waals surface area contributed by atoms with Crippen LogP contribution in [0.15, 0.2) is 200 Å². The predicted molar refractivity (Wildman–Crippen MR) is 225 cm³/mol. The van der Waals surface area contributed by atoms with Crippen molar-refractivity contribution >= 4 is 70.1 Å². The Balaban J connectivity index is 1.10. The van der Waals surface area contributed by atoms with Gasteiger partial charge in [0.25, 0.3) is 0 Å². The van der Waals surface area contributed by atoms with Crippen molar-refractivity contribution in [3.63, 3.8) is 0 Å². The molecule has 1 aromatic heterocycles. The zero-order valence-electron chi connectivity index (χ0n) is 28.4. The van der Waals surface area contributed by atoms with Crippen molar-refractivity contribution in [1.29, 1.82) is 0 Å². The lowest BCUT2D eigenvalue weighted by molar-refractivity contribution is 1.30. The first-order chi connectivity index (χ1) is 25.7. The highest BCUT2D eigenvalue weighted by Crippen LogP contribution is 2.45. The molecule has 10 aromatic rings. The molecule has 10 rings (SSSR count). The molecule has 1 heterocycles. The largest absolute Gasteiger partial charge is 0.310 e. The molecule has 244 valence electrons. The van der Waals surface area contributed by atoms with E-state index in [-0.39, 0.29) is 0 Å². The van der Waals surface area contributed by atoms with Gasteiger partial charge in [-0.05, 0) is 116 Å². The second-order valence-corrected chi connectivity index (χ2v) is 14.5. The summed E-state index contributed by atoms with van der Waals surface area (Å²) in [5.74, 6) is 0. The van der Waals surface area contributed by atoms with Crippen LogP contribution >= 0.6 is 11.3 Å². The fourth-order valence-electron chi connectivity index (χ4n) is 7.60. The van der Waals surface area contributed by atoms with Crippen molar-refractivity contribution in [3.05, 3.63) is 200 Å². The van der Waals surface area contributed by atoms with Crippen LogP contribution in [0.3, 0.4) is 0 Å². The molecule has 0 unspecified atom stereocenters. The van der Waals surface area contributed by atoms with Crippen molar-refractivity contribution in [2.45, 2.75) is 0 Å². The van der Waals surface area contributed by atoms with Crippen LogP contribution in [0, 0.1) is 0 Å². The first-order valence-corrected chi connectivity index (χ1v) is 18.6. The lowest BCUT2D eigenvalue weighted by Crippen LogP contribution is -2.10. The molecule has 9 aromatic carbocycles. The summed E-state index contributed by atoms with van der Waals surface area (Å²) in [7, 11) is 0. The van der Waals surface area contributed by atoms with Gasteiger partial charge < -0.3 is 4.90 Å². The number of fused-ring (bicyclic) bond motifs is 5. The first-order valence-electron chi connectivity index (χ1n) is 17.7. The smallest absolute Gasteiger partial charge is 0.0554 e. The SMILES string of the molecule is c1ccc(-c2ccc3ccc(-c4ccc(N(c5cccc(-c6ccc7ccccc7c6)c5)c5cccc6sc7ccccc7c56)cc4)cc3c2)cc1. The van der Waals surface area contributed by atoms with E-state index in [1.807, 2.05) is 11.3 Å². The highest BCUT2D eigenvalue weighted by molar-refractivity contribution is 7.26. The Bertz CT molecular complexity index is 2900. The summed E-state index contributed by atoms with van der Waals surface area (Å²) < 4.78 is 2.59. The fraction of sp³-hybridized carbons (Fsp3) is 0. The monoisotopic (exact) mass is 679 g/mol. The molecule has 0 bridgehead atoms. The molecule has 0 aliphatic carbocycles. The maximum atomic E-state index is 2.43. The van der Waals surface area contributed by atoms with Crippen molar-refractivity contribution in [3.8, 4) is 33.4 Å². The molecular weight excluding hydrogens is 647 g/mol. The van der Waals surface area contributed by atoms with Crippen LogP contribution in [0.4, 0.5) is 17.1 Å². The normalized spacial score (nSPS) is 11.5. The topological polar surface area (TPSA) is 3.24 Å². The van der Waals surface area contributed by atoms with Gasteiger partial charge in [-0.15, -0.1) is 11.3 Å². The molecule has 0 fully saturated rings. The maximum absolute atomic E-state index is 2.43. The molecule has 0 spiro atoms. The van der Waals surface area contributed by atoms with Crippen molar-refractivity contribution in [1.82, 2.24) is 0 Å².